The summed E-state index contributed by atoms with van der Waals surface area (Å²) >= 11 is 3.30. The molecule has 1 aliphatic heterocycles. The first-order valence-electron chi connectivity index (χ1n) is 4.57. The maximum Gasteiger partial charge on any atom is 0.236 e. The SMILES string of the molecule is O=C1CC(=O)NC(=Nc2ccc(Br)cc2)N1. The van der Waals surface area contributed by atoms with Crippen LogP contribution < -0.4 is 10.6 Å². The van der Waals surface area contributed by atoms with Crippen LogP contribution in [0.15, 0.2) is 33.7 Å². The average molecular weight is 282 g/mol. The van der Waals surface area contributed by atoms with Crippen LogP contribution in [-0.4, -0.2) is 17.8 Å². The Balaban J connectivity index is 2.20. The number of halogens is 1. The summed E-state index contributed by atoms with van der Waals surface area (Å²) < 4.78 is 0.938. The molecule has 0 saturated carbocycles. The predicted octanol–water partition coefficient (Wildman–Crippen LogP) is 1.07. The molecule has 0 atom stereocenters. The molecule has 0 aromatic heterocycles. The molecule has 1 saturated heterocycles. The van der Waals surface area contributed by atoms with Crippen molar-refractivity contribution in [2.24, 2.45) is 4.99 Å². The van der Waals surface area contributed by atoms with Crippen molar-refractivity contribution >= 4 is 39.4 Å². The molecule has 2 amide bonds. The van der Waals surface area contributed by atoms with E-state index in [2.05, 4.69) is 31.6 Å². The maximum absolute atomic E-state index is 11.1. The average Bonchev–Trinajstić information content (AvgIpc) is 2.20. The molecular weight excluding hydrogens is 274 g/mol. The van der Waals surface area contributed by atoms with Gasteiger partial charge in [0.25, 0.3) is 0 Å². The first-order valence-corrected chi connectivity index (χ1v) is 5.37. The Morgan fingerprint density at radius 3 is 2.19 bits per heavy atom. The van der Waals surface area contributed by atoms with Gasteiger partial charge in [-0.3, -0.25) is 20.2 Å². The molecule has 0 unspecified atom stereocenters. The van der Waals surface area contributed by atoms with E-state index in [0.717, 1.165) is 4.47 Å². The molecule has 1 aromatic rings. The van der Waals surface area contributed by atoms with Crippen LogP contribution in [0.2, 0.25) is 0 Å². The third kappa shape index (κ3) is 2.66. The Morgan fingerprint density at radius 1 is 1.06 bits per heavy atom. The van der Waals surface area contributed by atoms with Gasteiger partial charge in [0, 0.05) is 4.47 Å². The minimum absolute atomic E-state index is 0.153. The normalized spacial score (nSPS) is 15.4. The summed E-state index contributed by atoms with van der Waals surface area (Å²) in [7, 11) is 0. The van der Waals surface area contributed by atoms with Gasteiger partial charge in [-0.1, -0.05) is 15.9 Å². The van der Waals surface area contributed by atoms with E-state index in [1.807, 2.05) is 12.1 Å². The number of nitrogens with zero attached hydrogens (tertiary/aromatic N) is 1. The van der Waals surface area contributed by atoms with Crippen LogP contribution in [0.1, 0.15) is 6.42 Å². The van der Waals surface area contributed by atoms with Gasteiger partial charge in [0.2, 0.25) is 17.8 Å². The summed E-state index contributed by atoms with van der Waals surface area (Å²) in [5.41, 5.74) is 0.653. The predicted molar refractivity (Wildman–Crippen MR) is 62.1 cm³/mol. The van der Waals surface area contributed by atoms with Crippen molar-refractivity contribution in [3.8, 4) is 0 Å². The molecule has 0 bridgehead atoms. The molecule has 0 radical (unpaired) electrons. The number of nitrogens with one attached hydrogen (secondary N) is 2. The molecule has 1 fully saturated rings. The van der Waals surface area contributed by atoms with Gasteiger partial charge in [-0.2, -0.15) is 0 Å². The standard InChI is InChI=1S/C10H8BrN3O2/c11-6-1-3-7(4-2-6)12-10-13-8(15)5-9(16)14-10/h1-4H,5H2,(H2,12,13,14,15,16). The van der Waals surface area contributed by atoms with Gasteiger partial charge in [-0.05, 0) is 24.3 Å². The maximum atomic E-state index is 11.1. The van der Waals surface area contributed by atoms with Gasteiger partial charge >= 0.3 is 0 Å². The smallest absolute Gasteiger partial charge is 0.236 e. The summed E-state index contributed by atoms with van der Waals surface area (Å²) in [6.45, 7) is 0. The lowest BCUT2D eigenvalue weighted by Gasteiger charge is -2.14. The van der Waals surface area contributed by atoms with Crippen molar-refractivity contribution in [2.45, 2.75) is 6.42 Å². The largest absolute Gasteiger partial charge is 0.296 e. The molecule has 0 aliphatic carbocycles. The zero-order valence-corrected chi connectivity index (χ0v) is 9.74. The minimum atomic E-state index is -0.348. The number of aliphatic imine (C=N–C) groups is 1. The number of carbonyl (C=O) groups excluding carboxylic acids is 2. The Labute approximate surface area is 100 Å². The lowest BCUT2D eigenvalue weighted by molar-refractivity contribution is -0.129. The highest BCUT2D eigenvalue weighted by Gasteiger charge is 2.19. The molecule has 1 aliphatic rings. The first kappa shape index (κ1) is 10.8. The Kier molecular flexibility index (Phi) is 3.00. The Morgan fingerprint density at radius 2 is 1.62 bits per heavy atom. The zero-order valence-electron chi connectivity index (χ0n) is 8.16. The summed E-state index contributed by atoms with van der Waals surface area (Å²) in [4.78, 5) is 26.2. The second-order valence-electron chi connectivity index (χ2n) is 3.21. The van der Waals surface area contributed by atoms with Gasteiger partial charge in [-0.15, -0.1) is 0 Å². The molecule has 5 nitrogen and oxygen atoms in total. The number of guanidine groups is 1. The minimum Gasteiger partial charge on any atom is -0.296 e. The van der Waals surface area contributed by atoms with E-state index < -0.39 is 0 Å². The van der Waals surface area contributed by atoms with E-state index in [9.17, 15) is 9.59 Å². The molecule has 1 heterocycles. The number of amides is 2. The summed E-state index contributed by atoms with van der Waals surface area (Å²) in [5.74, 6) is -0.525. The van der Waals surface area contributed by atoms with Gasteiger partial charge in [0.1, 0.15) is 6.42 Å². The molecule has 6 heteroatoms. The number of carbonyl (C=O) groups is 2. The van der Waals surface area contributed by atoms with Crippen LogP contribution >= 0.6 is 15.9 Å². The quantitative estimate of drug-likeness (QED) is 0.756. The monoisotopic (exact) mass is 281 g/mol. The highest BCUT2D eigenvalue weighted by atomic mass is 79.9. The van der Waals surface area contributed by atoms with Crippen LogP contribution in [0.4, 0.5) is 5.69 Å². The Bertz CT molecular complexity index is 449. The van der Waals surface area contributed by atoms with Crippen LogP contribution in [-0.2, 0) is 9.59 Å². The van der Waals surface area contributed by atoms with E-state index in [1.165, 1.54) is 0 Å². The third-order valence-electron chi connectivity index (χ3n) is 1.90. The lowest BCUT2D eigenvalue weighted by atomic mass is 10.3. The van der Waals surface area contributed by atoms with E-state index in [0.29, 0.717) is 5.69 Å². The fraction of sp³-hybridized carbons (Fsp3) is 0.100. The second-order valence-corrected chi connectivity index (χ2v) is 4.13. The van der Waals surface area contributed by atoms with Gasteiger partial charge in [0.05, 0.1) is 5.69 Å². The molecule has 2 rings (SSSR count). The van der Waals surface area contributed by atoms with Crippen LogP contribution in [0.25, 0.3) is 0 Å². The second kappa shape index (κ2) is 4.44. The lowest BCUT2D eigenvalue weighted by Crippen LogP contribution is -2.50. The van der Waals surface area contributed by atoms with Crippen LogP contribution in [0.5, 0.6) is 0 Å². The van der Waals surface area contributed by atoms with Gasteiger partial charge in [0.15, 0.2) is 0 Å². The van der Waals surface area contributed by atoms with Crippen molar-refractivity contribution in [1.29, 1.82) is 0 Å². The third-order valence-corrected chi connectivity index (χ3v) is 2.43. The molecule has 0 spiro atoms. The fourth-order valence-electron chi connectivity index (χ4n) is 1.23. The summed E-state index contributed by atoms with van der Waals surface area (Å²) in [5, 5.41) is 4.95. The number of rotatable bonds is 1. The Hall–Kier alpha value is -1.69. The highest BCUT2D eigenvalue weighted by Crippen LogP contribution is 2.16. The van der Waals surface area contributed by atoms with Crippen LogP contribution in [0.3, 0.4) is 0 Å². The van der Waals surface area contributed by atoms with E-state index in [-0.39, 0.29) is 24.2 Å². The van der Waals surface area contributed by atoms with Gasteiger partial charge in [-0.25, -0.2) is 4.99 Å². The molecular formula is C10H8BrN3O2. The van der Waals surface area contributed by atoms with Crippen molar-refractivity contribution in [3.63, 3.8) is 0 Å². The van der Waals surface area contributed by atoms with Crippen molar-refractivity contribution in [2.75, 3.05) is 0 Å². The summed E-state index contributed by atoms with van der Waals surface area (Å²) in [6.07, 6.45) is -0.153. The number of hydrogen-bond donors (Lipinski definition) is 2. The molecule has 16 heavy (non-hydrogen) atoms. The number of hydrogen-bond acceptors (Lipinski definition) is 3. The van der Waals surface area contributed by atoms with E-state index in [4.69, 9.17) is 0 Å². The zero-order chi connectivity index (χ0) is 11.5. The van der Waals surface area contributed by atoms with E-state index in [1.54, 1.807) is 12.1 Å². The molecule has 2 N–H and O–H groups in total. The van der Waals surface area contributed by atoms with Crippen molar-refractivity contribution in [3.05, 3.63) is 28.7 Å². The van der Waals surface area contributed by atoms with Gasteiger partial charge < -0.3 is 0 Å². The molecule has 82 valence electrons. The van der Waals surface area contributed by atoms with E-state index >= 15 is 0 Å². The molecule has 1 aromatic carbocycles. The first-order chi connectivity index (χ1) is 7.63. The fourth-order valence-corrected chi connectivity index (χ4v) is 1.49. The summed E-state index contributed by atoms with van der Waals surface area (Å²) in [6, 6.07) is 7.19. The van der Waals surface area contributed by atoms with Crippen molar-refractivity contribution in [1.82, 2.24) is 10.6 Å². The van der Waals surface area contributed by atoms with Crippen molar-refractivity contribution < 1.29 is 9.59 Å². The number of benzene rings is 1. The highest BCUT2D eigenvalue weighted by molar-refractivity contribution is 9.10. The van der Waals surface area contributed by atoms with Crippen LogP contribution in [0, 0.1) is 0 Å². The topological polar surface area (TPSA) is 70.6 Å².